The first-order chi connectivity index (χ1) is 10.1. The van der Waals surface area contributed by atoms with Crippen molar-refractivity contribution in [2.75, 3.05) is 0 Å². The molecule has 1 atom stereocenters. The van der Waals surface area contributed by atoms with Gasteiger partial charge in [0.15, 0.2) is 0 Å². The van der Waals surface area contributed by atoms with Crippen LogP contribution in [0.1, 0.15) is 25.3 Å². The summed E-state index contributed by atoms with van der Waals surface area (Å²) in [6, 6.07) is 6.19. The Hall–Kier alpha value is -2.01. The third-order valence-corrected chi connectivity index (χ3v) is 3.97. The quantitative estimate of drug-likeness (QED) is 0.919. The number of fused-ring (bicyclic) bond motifs is 1. The third kappa shape index (κ3) is 2.88. The van der Waals surface area contributed by atoms with Crippen LogP contribution in [-0.2, 0) is 11.3 Å². The van der Waals surface area contributed by atoms with Crippen LogP contribution in [0.25, 0.3) is 10.9 Å². The highest BCUT2D eigenvalue weighted by Crippen LogP contribution is 2.31. The highest BCUT2D eigenvalue weighted by molar-refractivity contribution is 5.81. The number of hydrogen-bond acceptors (Lipinski definition) is 3. The lowest BCUT2D eigenvalue weighted by molar-refractivity contribution is -0.143. The van der Waals surface area contributed by atoms with Crippen molar-refractivity contribution >= 4 is 16.9 Å². The van der Waals surface area contributed by atoms with Gasteiger partial charge in [-0.25, -0.2) is 4.39 Å². The van der Waals surface area contributed by atoms with E-state index >= 15 is 0 Å². The van der Waals surface area contributed by atoms with Gasteiger partial charge in [0.1, 0.15) is 11.9 Å². The summed E-state index contributed by atoms with van der Waals surface area (Å²) < 4.78 is 13.8. The average molecular weight is 288 g/mol. The highest BCUT2D eigenvalue weighted by atomic mass is 19.1. The normalized spacial score (nSPS) is 16.3. The molecule has 4 nitrogen and oxygen atoms in total. The van der Waals surface area contributed by atoms with E-state index in [9.17, 15) is 14.3 Å². The summed E-state index contributed by atoms with van der Waals surface area (Å²) >= 11 is 0. The number of pyridine rings is 1. The van der Waals surface area contributed by atoms with E-state index in [1.807, 2.05) is 11.0 Å². The van der Waals surface area contributed by atoms with Gasteiger partial charge in [0, 0.05) is 24.2 Å². The maximum absolute atomic E-state index is 13.8. The Morgan fingerprint density at radius 1 is 1.52 bits per heavy atom. The second-order valence-corrected chi connectivity index (χ2v) is 5.56. The fourth-order valence-corrected chi connectivity index (χ4v) is 2.68. The summed E-state index contributed by atoms with van der Waals surface area (Å²) in [6.45, 7) is 2.08. The molecular formula is C16H17FN2O2. The van der Waals surface area contributed by atoms with Gasteiger partial charge in [-0.3, -0.25) is 14.7 Å². The van der Waals surface area contributed by atoms with Crippen molar-refractivity contribution in [3.8, 4) is 0 Å². The molecule has 0 saturated heterocycles. The number of nitrogens with zero attached hydrogens (tertiary/aromatic N) is 2. The van der Waals surface area contributed by atoms with Crippen molar-refractivity contribution in [3.05, 3.63) is 41.8 Å². The SMILES string of the molecule is CC(C(=O)O)N(Cc1cc(F)cc2cccnc12)C1CC1. The molecule has 1 aliphatic rings. The van der Waals surface area contributed by atoms with Gasteiger partial charge >= 0.3 is 5.97 Å². The minimum Gasteiger partial charge on any atom is -0.480 e. The van der Waals surface area contributed by atoms with Gasteiger partial charge in [-0.2, -0.15) is 0 Å². The van der Waals surface area contributed by atoms with Crippen molar-refractivity contribution in [1.29, 1.82) is 0 Å². The molecule has 0 radical (unpaired) electrons. The second-order valence-electron chi connectivity index (χ2n) is 5.56. The Labute approximate surface area is 122 Å². The first kappa shape index (κ1) is 13.9. The summed E-state index contributed by atoms with van der Waals surface area (Å²) in [7, 11) is 0. The smallest absolute Gasteiger partial charge is 0.320 e. The van der Waals surface area contributed by atoms with Crippen LogP contribution in [0, 0.1) is 5.82 Å². The predicted molar refractivity (Wildman–Crippen MR) is 77.4 cm³/mol. The largest absolute Gasteiger partial charge is 0.480 e. The number of aliphatic carboxylic acids is 1. The van der Waals surface area contributed by atoms with Gasteiger partial charge in [-0.1, -0.05) is 6.07 Å². The van der Waals surface area contributed by atoms with Gasteiger partial charge in [0.05, 0.1) is 5.52 Å². The third-order valence-electron chi connectivity index (χ3n) is 3.97. The van der Waals surface area contributed by atoms with Crippen LogP contribution in [0.4, 0.5) is 4.39 Å². The Morgan fingerprint density at radius 3 is 2.95 bits per heavy atom. The molecule has 1 aliphatic carbocycles. The maximum Gasteiger partial charge on any atom is 0.320 e. The zero-order valence-electron chi connectivity index (χ0n) is 11.8. The van der Waals surface area contributed by atoms with Crippen LogP contribution in [0.5, 0.6) is 0 Å². The van der Waals surface area contributed by atoms with Crippen LogP contribution >= 0.6 is 0 Å². The Bertz CT molecular complexity index is 685. The molecule has 0 spiro atoms. The zero-order valence-corrected chi connectivity index (χ0v) is 11.8. The van der Waals surface area contributed by atoms with Crippen LogP contribution < -0.4 is 0 Å². The average Bonchev–Trinajstić information content (AvgIpc) is 3.28. The lowest BCUT2D eigenvalue weighted by Gasteiger charge is -2.26. The van der Waals surface area contributed by atoms with Gasteiger partial charge in [-0.15, -0.1) is 0 Å². The molecule has 2 aromatic rings. The number of benzene rings is 1. The molecule has 1 fully saturated rings. The van der Waals surface area contributed by atoms with Crippen LogP contribution in [0.15, 0.2) is 30.5 Å². The first-order valence-electron chi connectivity index (χ1n) is 7.08. The molecule has 5 heteroatoms. The number of aromatic nitrogens is 1. The molecule has 21 heavy (non-hydrogen) atoms. The Morgan fingerprint density at radius 2 is 2.29 bits per heavy atom. The van der Waals surface area contributed by atoms with Crippen molar-refractivity contribution < 1.29 is 14.3 Å². The molecule has 1 aromatic carbocycles. The summed E-state index contributed by atoms with van der Waals surface area (Å²) in [5.41, 5.74) is 1.48. The molecule has 1 unspecified atom stereocenters. The number of halogens is 1. The van der Waals surface area contributed by atoms with E-state index in [2.05, 4.69) is 4.98 Å². The molecule has 0 aliphatic heterocycles. The van der Waals surface area contributed by atoms with Crippen LogP contribution in [-0.4, -0.2) is 33.0 Å². The van der Waals surface area contributed by atoms with E-state index in [4.69, 9.17) is 0 Å². The van der Waals surface area contributed by atoms with Crippen molar-refractivity contribution in [3.63, 3.8) is 0 Å². The van der Waals surface area contributed by atoms with Crippen molar-refractivity contribution in [2.24, 2.45) is 0 Å². The van der Waals surface area contributed by atoms with E-state index in [1.165, 1.54) is 12.1 Å². The maximum atomic E-state index is 13.8. The van der Waals surface area contributed by atoms with Crippen molar-refractivity contribution in [1.82, 2.24) is 9.88 Å². The molecule has 1 saturated carbocycles. The zero-order chi connectivity index (χ0) is 15.0. The van der Waals surface area contributed by atoms with Crippen LogP contribution in [0.2, 0.25) is 0 Å². The molecular weight excluding hydrogens is 271 g/mol. The summed E-state index contributed by atoms with van der Waals surface area (Å²) in [5.74, 6) is -1.17. The molecule has 3 rings (SSSR count). The number of carboxylic acids is 1. The summed E-state index contributed by atoms with van der Waals surface area (Å²) in [4.78, 5) is 17.5. The molecule has 110 valence electrons. The van der Waals surface area contributed by atoms with E-state index < -0.39 is 12.0 Å². The molecule has 1 N–H and O–H groups in total. The van der Waals surface area contributed by atoms with E-state index in [0.717, 1.165) is 29.3 Å². The van der Waals surface area contributed by atoms with Gasteiger partial charge in [0.25, 0.3) is 0 Å². The fraction of sp³-hybridized carbons (Fsp3) is 0.375. The minimum absolute atomic E-state index is 0.276. The van der Waals surface area contributed by atoms with Gasteiger partial charge in [-0.05, 0) is 43.5 Å². The molecule has 1 aromatic heterocycles. The minimum atomic E-state index is -0.851. The number of hydrogen-bond donors (Lipinski definition) is 1. The van der Waals surface area contributed by atoms with E-state index in [0.29, 0.717) is 6.54 Å². The monoisotopic (exact) mass is 288 g/mol. The van der Waals surface area contributed by atoms with Gasteiger partial charge < -0.3 is 5.11 Å². The lowest BCUT2D eigenvalue weighted by Crippen LogP contribution is -2.40. The molecule has 0 amide bonds. The number of carboxylic acid groups (broad SMARTS) is 1. The van der Waals surface area contributed by atoms with Gasteiger partial charge in [0.2, 0.25) is 0 Å². The number of carbonyl (C=O) groups is 1. The number of rotatable bonds is 5. The summed E-state index contributed by atoms with van der Waals surface area (Å²) in [5, 5.41) is 9.99. The lowest BCUT2D eigenvalue weighted by atomic mass is 10.1. The fourth-order valence-electron chi connectivity index (χ4n) is 2.68. The van der Waals surface area contributed by atoms with Crippen LogP contribution in [0.3, 0.4) is 0 Å². The Kier molecular flexibility index (Phi) is 3.59. The van der Waals surface area contributed by atoms with E-state index in [1.54, 1.807) is 19.2 Å². The summed E-state index contributed by atoms with van der Waals surface area (Å²) in [6.07, 6.45) is 3.67. The van der Waals surface area contributed by atoms with E-state index in [-0.39, 0.29) is 11.9 Å². The molecule has 1 heterocycles. The topological polar surface area (TPSA) is 53.4 Å². The molecule has 0 bridgehead atoms. The predicted octanol–water partition coefficient (Wildman–Crippen LogP) is 2.81. The Balaban J connectivity index is 1.97. The van der Waals surface area contributed by atoms with Crippen molar-refractivity contribution in [2.45, 2.75) is 38.4 Å². The second kappa shape index (κ2) is 5.41. The standard InChI is InChI=1S/C16H17FN2O2/c1-10(16(20)21)19(14-4-5-14)9-12-8-13(17)7-11-3-2-6-18-15(11)12/h2-3,6-8,10,14H,4-5,9H2,1H3,(H,20,21). The highest BCUT2D eigenvalue weighted by Gasteiger charge is 2.35. The first-order valence-corrected chi connectivity index (χ1v) is 7.08.